The van der Waals surface area contributed by atoms with Crippen LogP contribution in [0.2, 0.25) is 5.02 Å². The van der Waals surface area contributed by atoms with E-state index in [1.807, 2.05) is 7.05 Å². The molecule has 82 valence electrons. The highest BCUT2D eigenvalue weighted by Crippen LogP contribution is 2.29. The van der Waals surface area contributed by atoms with Crippen molar-refractivity contribution in [1.82, 2.24) is 14.8 Å². The zero-order valence-electron chi connectivity index (χ0n) is 8.42. The van der Waals surface area contributed by atoms with Crippen LogP contribution >= 0.6 is 23.4 Å². The summed E-state index contributed by atoms with van der Waals surface area (Å²) in [6.45, 7) is 0. The topological polar surface area (TPSA) is 47.8 Å². The summed E-state index contributed by atoms with van der Waals surface area (Å²) in [5.41, 5.74) is 0.556. The maximum absolute atomic E-state index is 10.9. The van der Waals surface area contributed by atoms with Crippen LogP contribution in [0.3, 0.4) is 0 Å². The lowest BCUT2D eigenvalue weighted by Crippen LogP contribution is -1.91. The Balaban J connectivity index is 2.34. The summed E-state index contributed by atoms with van der Waals surface area (Å²) >= 11 is 7.19. The SMILES string of the molecule is Cn1cnnc1Sc1ccc(Cl)cc1C=O. The van der Waals surface area contributed by atoms with E-state index in [9.17, 15) is 4.79 Å². The first-order valence-electron chi connectivity index (χ1n) is 4.47. The van der Waals surface area contributed by atoms with Gasteiger partial charge in [0, 0.05) is 22.5 Å². The Labute approximate surface area is 102 Å². The molecular formula is C10H8ClN3OS. The van der Waals surface area contributed by atoms with Gasteiger partial charge < -0.3 is 4.57 Å². The van der Waals surface area contributed by atoms with Crippen molar-refractivity contribution < 1.29 is 4.79 Å². The predicted molar refractivity (Wildman–Crippen MR) is 62.0 cm³/mol. The highest BCUT2D eigenvalue weighted by molar-refractivity contribution is 7.99. The second-order valence-corrected chi connectivity index (χ2v) is 4.57. The summed E-state index contributed by atoms with van der Waals surface area (Å²) in [5.74, 6) is 0. The smallest absolute Gasteiger partial charge is 0.195 e. The Kier molecular flexibility index (Phi) is 3.26. The monoisotopic (exact) mass is 253 g/mol. The average molecular weight is 254 g/mol. The molecule has 2 rings (SSSR count). The largest absolute Gasteiger partial charge is 0.311 e. The van der Waals surface area contributed by atoms with Crippen LogP contribution in [0.1, 0.15) is 10.4 Å². The number of benzene rings is 1. The van der Waals surface area contributed by atoms with Crippen molar-refractivity contribution in [3.8, 4) is 0 Å². The van der Waals surface area contributed by atoms with Gasteiger partial charge in [-0.15, -0.1) is 10.2 Å². The average Bonchev–Trinajstić information content (AvgIpc) is 2.67. The lowest BCUT2D eigenvalue weighted by molar-refractivity contribution is 0.112. The molecule has 0 saturated heterocycles. The van der Waals surface area contributed by atoms with Gasteiger partial charge in [0.15, 0.2) is 11.4 Å². The summed E-state index contributed by atoms with van der Waals surface area (Å²) in [7, 11) is 1.85. The van der Waals surface area contributed by atoms with Crippen molar-refractivity contribution in [2.24, 2.45) is 7.05 Å². The van der Waals surface area contributed by atoms with Crippen molar-refractivity contribution >= 4 is 29.6 Å². The summed E-state index contributed by atoms with van der Waals surface area (Å²) < 4.78 is 1.79. The molecule has 0 bridgehead atoms. The van der Waals surface area contributed by atoms with E-state index < -0.39 is 0 Å². The molecule has 0 radical (unpaired) electrons. The molecule has 0 N–H and O–H groups in total. The number of carbonyl (C=O) groups is 1. The molecule has 1 heterocycles. The van der Waals surface area contributed by atoms with Crippen LogP contribution in [0.4, 0.5) is 0 Å². The molecule has 6 heteroatoms. The fourth-order valence-corrected chi connectivity index (χ4v) is 2.19. The molecule has 0 atom stereocenters. The first kappa shape index (κ1) is 11.2. The van der Waals surface area contributed by atoms with Crippen molar-refractivity contribution in [1.29, 1.82) is 0 Å². The molecule has 16 heavy (non-hydrogen) atoms. The Morgan fingerprint density at radius 2 is 2.31 bits per heavy atom. The van der Waals surface area contributed by atoms with Crippen molar-refractivity contribution in [2.75, 3.05) is 0 Å². The van der Waals surface area contributed by atoms with E-state index in [4.69, 9.17) is 11.6 Å². The molecule has 0 aliphatic rings. The lowest BCUT2D eigenvalue weighted by atomic mass is 10.2. The van der Waals surface area contributed by atoms with Crippen LogP contribution < -0.4 is 0 Å². The van der Waals surface area contributed by atoms with Gasteiger partial charge in [0.05, 0.1) is 0 Å². The second kappa shape index (κ2) is 4.67. The fraction of sp³-hybridized carbons (Fsp3) is 0.100. The molecule has 0 saturated carbocycles. The lowest BCUT2D eigenvalue weighted by Gasteiger charge is -2.03. The second-order valence-electron chi connectivity index (χ2n) is 3.13. The number of aryl methyl sites for hydroxylation is 1. The Hall–Kier alpha value is -1.33. The summed E-state index contributed by atoms with van der Waals surface area (Å²) in [6.07, 6.45) is 2.39. The van der Waals surface area contributed by atoms with Crippen LogP contribution in [0, 0.1) is 0 Å². The standard InChI is InChI=1S/C10H8ClN3OS/c1-14-6-12-13-10(14)16-9-3-2-8(11)4-7(9)5-15/h2-6H,1H3. The maximum atomic E-state index is 10.9. The molecule has 2 aromatic rings. The van der Waals surface area contributed by atoms with Crippen LogP contribution in [0.15, 0.2) is 34.6 Å². The number of halogens is 1. The van der Waals surface area contributed by atoms with E-state index >= 15 is 0 Å². The highest BCUT2D eigenvalue weighted by atomic mass is 35.5. The minimum Gasteiger partial charge on any atom is -0.311 e. The van der Waals surface area contributed by atoms with Crippen LogP contribution in [-0.2, 0) is 7.05 Å². The number of hydrogen-bond donors (Lipinski definition) is 0. The molecule has 0 aliphatic heterocycles. The maximum Gasteiger partial charge on any atom is 0.195 e. The zero-order valence-corrected chi connectivity index (χ0v) is 10.00. The molecule has 1 aromatic carbocycles. The molecule has 0 spiro atoms. The van der Waals surface area contributed by atoms with Crippen molar-refractivity contribution in [2.45, 2.75) is 10.1 Å². The Morgan fingerprint density at radius 3 is 2.94 bits per heavy atom. The van der Waals surface area contributed by atoms with Gasteiger partial charge in [-0.3, -0.25) is 4.79 Å². The van der Waals surface area contributed by atoms with Gasteiger partial charge >= 0.3 is 0 Å². The van der Waals surface area contributed by atoms with E-state index in [0.29, 0.717) is 10.6 Å². The quantitative estimate of drug-likeness (QED) is 0.789. The first-order valence-corrected chi connectivity index (χ1v) is 5.66. The van der Waals surface area contributed by atoms with Gasteiger partial charge in [0.25, 0.3) is 0 Å². The molecular weight excluding hydrogens is 246 g/mol. The normalized spacial score (nSPS) is 10.4. The number of hydrogen-bond acceptors (Lipinski definition) is 4. The van der Waals surface area contributed by atoms with Crippen molar-refractivity contribution in [3.05, 3.63) is 35.1 Å². The number of aldehydes is 1. The predicted octanol–water partition coefficient (Wildman–Crippen LogP) is 2.43. The highest BCUT2D eigenvalue weighted by Gasteiger charge is 2.08. The molecule has 0 fully saturated rings. The minimum absolute atomic E-state index is 0.546. The van der Waals surface area contributed by atoms with Crippen LogP contribution in [0.25, 0.3) is 0 Å². The third-order valence-electron chi connectivity index (χ3n) is 1.97. The molecule has 4 nitrogen and oxygen atoms in total. The first-order chi connectivity index (χ1) is 7.70. The third-order valence-corrected chi connectivity index (χ3v) is 3.35. The van der Waals surface area contributed by atoms with E-state index in [2.05, 4.69) is 10.2 Å². The number of carbonyl (C=O) groups excluding carboxylic acids is 1. The summed E-state index contributed by atoms with van der Waals surface area (Å²) in [6, 6.07) is 5.17. The Bertz CT molecular complexity index is 527. The summed E-state index contributed by atoms with van der Waals surface area (Å²) in [4.78, 5) is 11.7. The van der Waals surface area contributed by atoms with E-state index in [0.717, 1.165) is 16.3 Å². The van der Waals surface area contributed by atoms with Gasteiger partial charge in [0.2, 0.25) is 0 Å². The fourth-order valence-electron chi connectivity index (χ4n) is 1.17. The third kappa shape index (κ3) is 2.25. The summed E-state index contributed by atoms with van der Waals surface area (Å²) in [5, 5.41) is 8.98. The van der Waals surface area contributed by atoms with Crippen molar-refractivity contribution in [3.63, 3.8) is 0 Å². The molecule has 0 aliphatic carbocycles. The minimum atomic E-state index is 0.546. The Morgan fingerprint density at radius 1 is 1.50 bits per heavy atom. The number of aromatic nitrogens is 3. The zero-order chi connectivity index (χ0) is 11.5. The van der Waals surface area contributed by atoms with E-state index in [1.165, 1.54) is 11.8 Å². The van der Waals surface area contributed by atoms with Gasteiger partial charge in [-0.1, -0.05) is 11.6 Å². The number of nitrogens with zero attached hydrogens (tertiary/aromatic N) is 3. The van der Waals surface area contributed by atoms with Crippen LogP contribution in [0.5, 0.6) is 0 Å². The van der Waals surface area contributed by atoms with Gasteiger partial charge in [-0.05, 0) is 30.0 Å². The van der Waals surface area contributed by atoms with Crippen LogP contribution in [-0.4, -0.2) is 21.1 Å². The van der Waals surface area contributed by atoms with E-state index in [1.54, 1.807) is 29.1 Å². The molecule has 1 aromatic heterocycles. The van der Waals surface area contributed by atoms with Gasteiger partial charge in [0.1, 0.15) is 6.33 Å². The van der Waals surface area contributed by atoms with Gasteiger partial charge in [-0.25, -0.2) is 0 Å². The number of rotatable bonds is 3. The molecule has 0 amide bonds. The van der Waals surface area contributed by atoms with E-state index in [-0.39, 0.29) is 0 Å². The molecule has 0 unspecified atom stereocenters. The van der Waals surface area contributed by atoms with Gasteiger partial charge in [-0.2, -0.15) is 0 Å².